The van der Waals surface area contributed by atoms with Crippen molar-refractivity contribution in [1.82, 2.24) is 10.6 Å². The van der Waals surface area contributed by atoms with Crippen molar-refractivity contribution in [2.45, 2.75) is 25.7 Å². The molecule has 0 saturated heterocycles. The van der Waals surface area contributed by atoms with Crippen molar-refractivity contribution in [2.75, 3.05) is 26.3 Å². The van der Waals surface area contributed by atoms with Gasteiger partial charge in [0.05, 0.1) is 6.04 Å². The summed E-state index contributed by atoms with van der Waals surface area (Å²) in [6.07, 6.45) is -4.25. The molecular weight excluding hydrogens is 401 g/mol. The Morgan fingerprint density at radius 3 is 2.67 bits per heavy atom. The number of amides is 1. The fourth-order valence-electron chi connectivity index (χ4n) is 3.09. The number of nitrogens with one attached hydrogen (secondary N) is 2. The zero-order valence-electron chi connectivity index (χ0n) is 16.4. The maximum atomic E-state index is 12.5. The Bertz CT molecular complexity index is 856. The van der Waals surface area contributed by atoms with Crippen LogP contribution in [-0.2, 0) is 6.42 Å². The molecule has 30 heavy (non-hydrogen) atoms. The van der Waals surface area contributed by atoms with Crippen molar-refractivity contribution >= 4 is 5.91 Å². The lowest BCUT2D eigenvalue weighted by molar-refractivity contribution is -0.274. The molecule has 0 spiro atoms. The number of halogens is 3. The third kappa shape index (κ3) is 6.03. The second-order valence-corrected chi connectivity index (χ2v) is 6.69. The molecule has 1 aliphatic rings. The molecule has 0 aromatic heterocycles. The minimum absolute atomic E-state index is 0.227. The standard InChI is InChI=1S/C21H23F3N2O4/c1-2-25-10-11-28-18-4-3-5-19-17(18)12-15(13-29-19)26-20(27)14-6-8-16(9-7-14)30-21(22,23)24/h3-9,15,25H,2,10-13H2,1H3,(H,26,27)/t15-/m0/s1. The highest BCUT2D eigenvalue weighted by Crippen LogP contribution is 2.33. The Labute approximate surface area is 172 Å². The van der Waals surface area contributed by atoms with Crippen LogP contribution < -0.4 is 24.8 Å². The first-order valence-electron chi connectivity index (χ1n) is 9.60. The van der Waals surface area contributed by atoms with E-state index in [4.69, 9.17) is 9.47 Å². The van der Waals surface area contributed by atoms with E-state index in [1.807, 2.05) is 25.1 Å². The summed E-state index contributed by atoms with van der Waals surface area (Å²) in [7, 11) is 0. The van der Waals surface area contributed by atoms with Gasteiger partial charge in [-0.2, -0.15) is 0 Å². The predicted octanol–water partition coefficient (Wildman–Crippen LogP) is 3.31. The van der Waals surface area contributed by atoms with Gasteiger partial charge in [0.2, 0.25) is 0 Å². The molecule has 9 heteroatoms. The molecule has 1 amide bonds. The van der Waals surface area contributed by atoms with Crippen molar-refractivity contribution < 1.29 is 32.2 Å². The first-order valence-corrected chi connectivity index (χ1v) is 9.60. The molecule has 3 rings (SSSR count). The topological polar surface area (TPSA) is 68.8 Å². The molecule has 0 aliphatic carbocycles. The average Bonchev–Trinajstić information content (AvgIpc) is 2.70. The highest BCUT2D eigenvalue weighted by atomic mass is 19.4. The van der Waals surface area contributed by atoms with E-state index in [0.29, 0.717) is 18.8 Å². The minimum atomic E-state index is -4.77. The van der Waals surface area contributed by atoms with Gasteiger partial charge < -0.3 is 24.8 Å². The van der Waals surface area contributed by atoms with Crippen molar-refractivity contribution in [3.05, 3.63) is 53.6 Å². The second kappa shape index (κ2) is 9.71. The first-order chi connectivity index (χ1) is 14.4. The van der Waals surface area contributed by atoms with Crippen LogP contribution in [0.2, 0.25) is 0 Å². The molecule has 1 atom stereocenters. The second-order valence-electron chi connectivity index (χ2n) is 6.69. The van der Waals surface area contributed by atoms with E-state index in [1.54, 1.807) is 0 Å². The zero-order chi connectivity index (χ0) is 21.6. The summed E-state index contributed by atoms with van der Waals surface area (Å²) in [4.78, 5) is 12.5. The van der Waals surface area contributed by atoms with Gasteiger partial charge in [-0.3, -0.25) is 4.79 Å². The van der Waals surface area contributed by atoms with E-state index in [-0.39, 0.29) is 24.0 Å². The Morgan fingerprint density at radius 1 is 1.20 bits per heavy atom. The summed E-state index contributed by atoms with van der Waals surface area (Å²) in [5.41, 5.74) is 1.10. The smallest absolute Gasteiger partial charge is 0.492 e. The summed E-state index contributed by atoms with van der Waals surface area (Å²) >= 11 is 0. The van der Waals surface area contributed by atoms with Crippen LogP contribution in [0.15, 0.2) is 42.5 Å². The largest absolute Gasteiger partial charge is 0.573 e. The molecule has 0 bridgehead atoms. The normalized spacial score (nSPS) is 15.7. The van der Waals surface area contributed by atoms with Crippen molar-refractivity contribution in [3.8, 4) is 17.2 Å². The van der Waals surface area contributed by atoms with Gasteiger partial charge in [-0.1, -0.05) is 13.0 Å². The average molecular weight is 424 g/mol. The number of carbonyl (C=O) groups excluding carboxylic acids is 1. The Balaban J connectivity index is 1.61. The lowest BCUT2D eigenvalue weighted by Gasteiger charge is -2.27. The monoisotopic (exact) mass is 424 g/mol. The van der Waals surface area contributed by atoms with E-state index >= 15 is 0 Å². The number of ether oxygens (including phenoxy) is 3. The molecule has 1 aliphatic heterocycles. The summed E-state index contributed by atoms with van der Waals surface area (Å²) in [6.45, 7) is 4.39. The molecular formula is C21H23F3N2O4. The molecule has 2 aromatic rings. The fourth-order valence-corrected chi connectivity index (χ4v) is 3.09. The maximum absolute atomic E-state index is 12.5. The SMILES string of the molecule is CCNCCOc1cccc2c1C[C@H](NC(=O)c1ccc(OC(F)(F)F)cc1)CO2. The van der Waals surface area contributed by atoms with Gasteiger partial charge in [0.25, 0.3) is 5.91 Å². The molecule has 1 heterocycles. The quantitative estimate of drug-likeness (QED) is 0.637. The van der Waals surface area contributed by atoms with Crippen molar-refractivity contribution in [2.24, 2.45) is 0 Å². The number of hydrogen-bond acceptors (Lipinski definition) is 5. The Morgan fingerprint density at radius 2 is 1.97 bits per heavy atom. The Hall–Kier alpha value is -2.94. The molecule has 0 radical (unpaired) electrons. The minimum Gasteiger partial charge on any atom is -0.492 e. The molecule has 0 saturated carbocycles. The van der Waals surface area contributed by atoms with E-state index in [1.165, 1.54) is 12.1 Å². The summed E-state index contributed by atoms with van der Waals surface area (Å²) in [5, 5.41) is 6.04. The fraction of sp³-hybridized carbons (Fsp3) is 0.381. The van der Waals surface area contributed by atoms with Crippen LogP contribution in [0.25, 0.3) is 0 Å². The van der Waals surface area contributed by atoms with Crippen molar-refractivity contribution in [3.63, 3.8) is 0 Å². The van der Waals surface area contributed by atoms with Crippen LogP contribution in [0.5, 0.6) is 17.2 Å². The van der Waals surface area contributed by atoms with Crippen LogP contribution in [0.4, 0.5) is 13.2 Å². The van der Waals surface area contributed by atoms with Gasteiger partial charge in [-0.05, 0) is 42.9 Å². The predicted molar refractivity (Wildman–Crippen MR) is 104 cm³/mol. The number of alkyl halides is 3. The number of likely N-dealkylation sites (N-methyl/N-ethyl adjacent to an activating group) is 1. The molecule has 0 unspecified atom stereocenters. The van der Waals surface area contributed by atoms with E-state index in [0.717, 1.165) is 36.5 Å². The zero-order valence-corrected chi connectivity index (χ0v) is 16.4. The number of carbonyl (C=O) groups is 1. The Kier molecular flexibility index (Phi) is 7.04. The molecule has 2 N–H and O–H groups in total. The van der Waals surface area contributed by atoms with Gasteiger partial charge in [-0.25, -0.2) is 0 Å². The van der Waals surface area contributed by atoms with Crippen LogP contribution >= 0.6 is 0 Å². The van der Waals surface area contributed by atoms with Crippen LogP contribution in [-0.4, -0.2) is 44.6 Å². The highest BCUT2D eigenvalue weighted by Gasteiger charge is 2.31. The lowest BCUT2D eigenvalue weighted by Crippen LogP contribution is -2.42. The van der Waals surface area contributed by atoms with Gasteiger partial charge in [0.15, 0.2) is 0 Å². The van der Waals surface area contributed by atoms with Crippen molar-refractivity contribution in [1.29, 1.82) is 0 Å². The van der Waals surface area contributed by atoms with Crippen LogP contribution in [0, 0.1) is 0 Å². The number of rotatable bonds is 8. The summed E-state index contributed by atoms with van der Waals surface area (Å²) in [5.74, 6) is 0.637. The van der Waals surface area contributed by atoms with Gasteiger partial charge in [0.1, 0.15) is 30.5 Å². The summed E-state index contributed by atoms with van der Waals surface area (Å²) in [6, 6.07) is 10.0. The third-order valence-electron chi connectivity index (χ3n) is 4.45. The number of hydrogen-bond donors (Lipinski definition) is 2. The molecule has 162 valence electrons. The van der Waals surface area contributed by atoms with Gasteiger partial charge >= 0.3 is 6.36 Å². The van der Waals surface area contributed by atoms with Gasteiger partial charge in [0, 0.05) is 24.1 Å². The van der Waals surface area contributed by atoms with Crippen LogP contribution in [0.1, 0.15) is 22.8 Å². The number of fused-ring (bicyclic) bond motifs is 1. The van der Waals surface area contributed by atoms with Gasteiger partial charge in [-0.15, -0.1) is 13.2 Å². The summed E-state index contributed by atoms with van der Waals surface area (Å²) < 4.78 is 52.2. The van der Waals surface area contributed by atoms with E-state index < -0.39 is 12.3 Å². The first kappa shape index (κ1) is 21.8. The molecule has 0 fully saturated rings. The number of benzene rings is 2. The van der Waals surface area contributed by atoms with E-state index in [2.05, 4.69) is 15.4 Å². The maximum Gasteiger partial charge on any atom is 0.573 e. The highest BCUT2D eigenvalue weighted by molar-refractivity contribution is 5.94. The molecule has 6 nitrogen and oxygen atoms in total. The lowest BCUT2D eigenvalue weighted by atomic mass is 10.0. The van der Waals surface area contributed by atoms with Crippen LogP contribution in [0.3, 0.4) is 0 Å². The van der Waals surface area contributed by atoms with E-state index in [9.17, 15) is 18.0 Å². The molecule has 2 aromatic carbocycles. The third-order valence-corrected chi connectivity index (χ3v) is 4.45.